The Morgan fingerprint density at radius 1 is 1.33 bits per heavy atom. The van der Waals surface area contributed by atoms with Gasteiger partial charge in [-0.25, -0.2) is 0 Å². The molecule has 0 aromatic heterocycles. The maximum absolute atomic E-state index is 11.2. The van der Waals surface area contributed by atoms with E-state index < -0.39 is 0 Å². The number of rotatable bonds is 6. The van der Waals surface area contributed by atoms with Crippen LogP contribution in [0.25, 0.3) is 0 Å². The van der Waals surface area contributed by atoms with Crippen LogP contribution in [0, 0.1) is 0 Å². The van der Waals surface area contributed by atoms with Crippen LogP contribution in [0.1, 0.15) is 33.6 Å². The maximum Gasteiger partial charge on any atom is 0.310 e. The number of hydrogen-bond donors (Lipinski definition) is 0. The molecule has 0 bridgehead atoms. The molecule has 0 fully saturated rings. The van der Waals surface area contributed by atoms with Crippen LogP contribution in [0.15, 0.2) is 36.0 Å². The Labute approximate surface area is 92.3 Å². The second-order valence-electron chi connectivity index (χ2n) is 3.29. The van der Waals surface area contributed by atoms with Gasteiger partial charge in [-0.1, -0.05) is 37.3 Å². The lowest BCUT2D eigenvalue weighted by atomic mass is 10.1. The number of allylic oxidation sites excluding steroid dienone is 4. The zero-order chi connectivity index (χ0) is 11.7. The van der Waals surface area contributed by atoms with Crippen molar-refractivity contribution in [2.24, 2.45) is 0 Å². The van der Waals surface area contributed by atoms with Crippen molar-refractivity contribution < 1.29 is 9.53 Å². The van der Waals surface area contributed by atoms with Crippen molar-refractivity contribution in [2.75, 3.05) is 6.61 Å². The van der Waals surface area contributed by atoms with E-state index in [1.54, 1.807) is 13.0 Å². The van der Waals surface area contributed by atoms with E-state index in [0.717, 1.165) is 12.0 Å². The van der Waals surface area contributed by atoms with Crippen molar-refractivity contribution in [3.63, 3.8) is 0 Å². The SMILES string of the molecule is C=C/C(=C\C=C(\C)CC)CC(=O)OCC. The Bertz CT molecular complexity index is 272. The lowest BCUT2D eigenvalue weighted by Crippen LogP contribution is -2.04. The summed E-state index contributed by atoms with van der Waals surface area (Å²) in [6.07, 6.45) is 6.93. The lowest BCUT2D eigenvalue weighted by Gasteiger charge is -2.01. The standard InChI is InChI=1S/C13H20O2/c1-5-11(4)8-9-12(6-2)10-13(14)15-7-3/h6,8-9H,2,5,7,10H2,1,3-4H3/b11-8-,12-9+. The number of esters is 1. The summed E-state index contributed by atoms with van der Waals surface area (Å²) in [6.45, 7) is 10.1. The van der Waals surface area contributed by atoms with Crippen LogP contribution in [0.3, 0.4) is 0 Å². The molecule has 0 saturated carbocycles. The summed E-state index contributed by atoms with van der Waals surface area (Å²) in [5.74, 6) is -0.203. The van der Waals surface area contributed by atoms with Gasteiger partial charge >= 0.3 is 5.97 Å². The van der Waals surface area contributed by atoms with Gasteiger partial charge in [-0.3, -0.25) is 4.79 Å². The Kier molecular flexibility index (Phi) is 7.33. The van der Waals surface area contributed by atoms with Crippen molar-refractivity contribution in [1.82, 2.24) is 0 Å². The quantitative estimate of drug-likeness (QED) is 0.494. The topological polar surface area (TPSA) is 26.3 Å². The van der Waals surface area contributed by atoms with Gasteiger partial charge in [-0.2, -0.15) is 0 Å². The smallest absolute Gasteiger partial charge is 0.310 e. The predicted octanol–water partition coefficient (Wildman–Crippen LogP) is 3.41. The van der Waals surface area contributed by atoms with Gasteiger partial charge in [-0.05, 0) is 25.8 Å². The van der Waals surface area contributed by atoms with Gasteiger partial charge in [0.05, 0.1) is 13.0 Å². The normalized spacial score (nSPS) is 12.5. The Hall–Kier alpha value is -1.31. The molecule has 0 rings (SSSR count). The number of ether oxygens (including phenoxy) is 1. The fraction of sp³-hybridized carbons (Fsp3) is 0.462. The molecule has 0 spiro atoms. The Morgan fingerprint density at radius 2 is 2.00 bits per heavy atom. The Balaban J connectivity index is 4.36. The largest absolute Gasteiger partial charge is 0.466 e. The van der Waals surface area contributed by atoms with Crippen LogP contribution in [0.2, 0.25) is 0 Å². The fourth-order valence-electron chi connectivity index (χ4n) is 0.945. The summed E-state index contributed by atoms with van der Waals surface area (Å²) in [5.41, 5.74) is 2.17. The van der Waals surface area contributed by atoms with Gasteiger partial charge in [-0.15, -0.1) is 0 Å². The van der Waals surface area contributed by atoms with Gasteiger partial charge in [0.1, 0.15) is 0 Å². The minimum atomic E-state index is -0.203. The molecule has 2 nitrogen and oxygen atoms in total. The van der Waals surface area contributed by atoms with Crippen molar-refractivity contribution in [1.29, 1.82) is 0 Å². The summed E-state index contributed by atoms with van der Waals surface area (Å²) >= 11 is 0. The van der Waals surface area contributed by atoms with Crippen molar-refractivity contribution in [3.05, 3.63) is 36.0 Å². The maximum atomic E-state index is 11.2. The van der Waals surface area contributed by atoms with Crippen molar-refractivity contribution >= 4 is 5.97 Å². The third-order valence-electron chi connectivity index (χ3n) is 2.06. The molecule has 0 aromatic rings. The average molecular weight is 208 g/mol. The van der Waals surface area contributed by atoms with Crippen molar-refractivity contribution in [2.45, 2.75) is 33.6 Å². The van der Waals surface area contributed by atoms with E-state index in [0.29, 0.717) is 13.0 Å². The third-order valence-corrected chi connectivity index (χ3v) is 2.06. The molecule has 0 radical (unpaired) electrons. The third kappa shape index (κ3) is 6.72. The molecule has 0 aliphatic rings. The van der Waals surface area contributed by atoms with Crippen LogP contribution in [-0.2, 0) is 9.53 Å². The van der Waals surface area contributed by atoms with Crippen LogP contribution < -0.4 is 0 Å². The molecule has 0 N–H and O–H groups in total. The summed E-state index contributed by atoms with van der Waals surface area (Å²) in [4.78, 5) is 11.2. The molecule has 2 heteroatoms. The highest BCUT2D eigenvalue weighted by Gasteiger charge is 2.02. The predicted molar refractivity (Wildman–Crippen MR) is 63.6 cm³/mol. The molecular formula is C13H20O2. The summed E-state index contributed by atoms with van der Waals surface area (Å²) < 4.78 is 4.86. The molecular weight excluding hydrogens is 188 g/mol. The second kappa shape index (κ2) is 8.04. The first-order valence-corrected chi connectivity index (χ1v) is 5.28. The lowest BCUT2D eigenvalue weighted by molar-refractivity contribution is -0.142. The molecule has 0 aromatic carbocycles. The second-order valence-corrected chi connectivity index (χ2v) is 3.29. The minimum Gasteiger partial charge on any atom is -0.466 e. The fourth-order valence-corrected chi connectivity index (χ4v) is 0.945. The van der Waals surface area contributed by atoms with Crippen LogP contribution in [0.5, 0.6) is 0 Å². The molecule has 0 heterocycles. The van der Waals surface area contributed by atoms with Gasteiger partial charge in [0.25, 0.3) is 0 Å². The van der Waals surface area contributed by atoms with Crippen LogP contribution in [-0.4, -0.2) is 12.6 Å². The number of hydrogen-bond acceptors (Lipinski definition) is 2. The van der Waals surface area contributed by atoms with E-state index in [9.17, 15) is 4.79 Å². The molecule has 0 aliphatic heterocycles. The number of carbonyl (C=O) groups is 1. The monoisotopic (exact) mass is 208 g/mol. The van der Waals surface area contributed by atoms with E-state index in [2.05, 4.69) is 20.4 Å². The number of carbonyl (C=O) groups excluding carboxylic acids is 1. The van der Waals surface area contributed by atoms with E-state index >= 15 is 0 Å². The highest BCUT2D eigenvalue weighted by Crippen LogP contribution is 2.07. The molecule has 0 amide bonds. The highest BCUT2D eigenvalue weighted by molar-refractivity contribution is 5.73. The van der Waals surface area contributed by atoms with Gasteiger partial charge in [0, 0.05) is 0 Å². The molecule has 84 valence electrons. The van der Waals surface area contributed by atoms with Crippen LogP contribution in [0.4, 0.5) is 0 Å². The van der Waals surface area contributed by atoms with Gasteiger partial charge in [0.2, 0.25) is 0 Å². The van der Waals surface area contributed by atoms with Crippen LogP contribution >= 0.6 is 0 Å². The van der Waals surface area contributed by atoms with E-state index in [-0.39, 0.29) is 5.97 Å². The van der Waals surface area contributed by atoms with E-state index in [4.69, 9.17) is 4.74 Å². The highest BCUT2D eigenvalue weighted by atomic mass is 16.5. The molecule has 15 heavy (non-hydrogen) atoms. The summed E-state index contributed by atoms with van der Waals surface area (Å²) in [6, 6.07) is 0. The Morgan fingerprint density at radius 3 is 2.47 bits per heavy atom. The summed E-state index contributed by atoms with van der Waals surface area (Å²) in [5, 5.41) is 0. The summed E-state index contributed by atoms with van der Waals surface area (Å²) in [7, 11) is 0. The van der Waals surface area contributed by atoms with Gasteiger partial charge in [0.15, 0.2) is 0 Å². The first kappa shape index (κ1) is 13.7. The van der Waals surface area contributed by atoms with E-state index in [1.165, 1.54) is 5.57 Å². The molecule has 0 aliphatic carbocycles. The molecule has 0 unspecified atom stereocenters. The molecule has 0 atom stereocenters. The molecule has 0 saturated heterocycles. The zero-order valence-electron chi connectivity index (χ0n) is 9.88. The first-order valence-electron chi connectivity index (χ1n) is 5.28. The first-order chi connectivity index (χ1) is 7.13. The average Bonchev–Trinajstić information content (AvgIpc) is 2.23. The zero-order valence-corrected chi connectivity index (χ0v) is 9.88. The van der Waals surface area contributed by atoms with E-state index in [1.807, 2.05) is 12.2 Å². The van der Waals surface area contributed by atoms with Crippen molar-refractivity contribution in [3.8, 4) is 0 Å². The minimum absolute atomic E-state index is 0.203. The van der Waals surface area contributed by atoms with Gasteiger partial charge < -0.3 is 4.74 Å².